The lowest BCUT2D eigenvalue weighted by Crippen LogP contribution is -2.65. The van der Waals surface area contributed by atoms with Gasteiger partial charge in [-0.25, -0.2) is 0 Å². The summed E-state index contributed by atoms with van der Waals surface area (Å²) in [7, 11) is 6.47. The average molecular weight is 499 g/mol. The number of ketones is 2. The molecule has 10 nitrogen and oxygen atoms in total. The second kappa shape index (κ2) is 8.36. The van der Waals surface area contributed by atoms with Gasteiger partial charge in [0.1, 0.15) is 29.0 Å². The molecule has 1 amide bonds. The number of halogens is 1. The number of nitrogens with two attached hydrogens (primary N) is 1. The highest BCUT2D eigenvalue weighted by Gasteiger charge is 2.64. The summed E-state index contributed by atoms with van der Waals surface area (Å²) in [6.07, 6.45) is 1.31. The Morgan fingerprint density at radius 1 is 1.19 bits per heavy atom. The quantitative estimate of drug-likeness (QED) is 0.291. The molecule has 0 spiro atoms. The van der Waals surface area contributed by atoms with E-state index in [1.165, 1.54) is 31.2 Å². The van der Waals surface area contributed by atoms with Crippen LogP contribution in [0.15, 0.2) is 23.0 Å². The van der Waals surface area contributed by atoms with Crippen LogP contribution >= 0.6 is 0 Å². The molecule has 1 saturated carbocycles. The van der Waals surface area contributed by atoms with E-state index in [2.05, 4.69) is 5.92 Å². The summed E-state index contributed by atoms with van der Waals surface area (Å²) in [6, 6.07) is 0.298. The zero-order valence-electron chi connectivity index (χ0n) is 20.1. The van der Waals surface area contributed by atoms with Gasteiger partial charge in [0.15, 0.2) is 11.4 Å². The number of fused-ring (bicyclic) bond motifs is 3. The molecule has 0 bridgehead atoms. The number of aliphatic hydroxyl groups is 3. The SMILES string of the molecule is CN(C)c1cc(C#CF)c(O)c2c1CC1CC3C(N(C)C)C(=O)C(C(N)=O)=C(O)C3(O)C(=O)C1=C2O. The van der Waals surface area contributed by atoms with Crippen LogP contribution < -0.4 is 10.6 Å². The normalized spacial score (nSPS) is 27.2. The van der Waals surface area contributed by atoms with Gasteiger partial charge in [-0.3, -0.25) is 19.3 Å². The Morgan fingerprint density at radius 3 is 2.36 bits per heavy atom. The number of aromatic hydroxyl groups is 1. The average Bonchev–Trinajstić information content (AvgIpc) is 2.77. The third kappa shape index (κ3) is 3.22. The highest BCUT2D eigenvalue weighted by Crippen LogP contribution is 2.54. The van der Waals surface area contributed by atoms with Crippen LogP contribution in [0, 0.1) is 23.9 Å². The van der Waals surface area contributed by atoms with Crippen LogP contribution in [-0.2, 0) is 20.8 Å². The number of carbonyl (C=O) groups excluding carboxylic acids is 3. The van der Waals surface area contributed by atoms with Gasteiger partial charge in [-0.15, -0.1) is 4.39 Å². The largest absolute Gasteiger partial charge is 0.508 e. The number of nitrogens with zero attached hydrogens (tertiary/aromatic N) is 2. The maximum Gasteiger partial charge on any atom is 0.255 e. The van der Waals surface area contributed by atoms with E-state index in [-0.39, 0.29) is 29.5 Å². The van der Waals surface area contributed by atoms with Crippen molar-refractivity contribution in [2.75, 3.05) is 33.1 Å². The summed E-state index contributed by atoms with van der Waals surface area (Å²) in [5.74, 6) is -5.35. The van der Waals surface area contributed by atoms with Crippen molar-refractivity contribution in [1.82, 2.24) is 4.90 Å². The molecular weight excluding hydrogens is 473 g/mol. The molecule has 36 heavy (non-hydrogen) atoms. The molecule has 0 heterocycles. The molecule has 1 aromatic carbocycles. The van der Waals surface area contributed by atoms with Crippen molar-refractivity contribution in [1.29, 1.82) is 0 Å². The van der Waals surface area contributed by atoms with Crippen LogP contribution in [0.5, 0.6) is 5.75 Å². The number of phenols is 1. The summed E-state index contributed by atoms with van der Waals surface area (Å²) in [4.78, 5) is 42.1. The molecular formula is C25H26FN3O7. The van der Waals surface area contributed by atoms with E-state index in [9.17, 15) is 39.2 Å². The standard InChI is InChI=1S/C25H26FN3O7/c1-28(2)14-9-10(5-6-26)19(30)16-12(14)7-11-8-13-18(29(3)4)21(32)17(24(27)35)23(34)25(13,36)22(33)15(11)20(16)31/h9,11,13,18,30-31,34,36H,7-8H2,1-4H3,(H2,27,35). The fourth-order valence-corrected chi connectivity index (χ4v) is 5.84. The number of likely N-dealkylation sites (N-methyl/N-ethyl adjacent to an activating group) is 1. The third-order valence-corrected chi connectivity index (χ3v) is 7.36. The van der Waals surface area contributed by atoms with E-state index in [0.717, 1.165) is 0 Å². The van der Waals surface area contributed by atoms with Gasteiger partial charge in [0.2, 0.25) is 5.78 Å². The van der Waals surface area contributed by atoms with Crippen molar-refractivity contribution in [3.05, 3.63) is 39.7 Å². The smallest absolute Gasteiger partial charge is 0.255 e. The van der Waals surface area contributed by atoms with Crippen LogP contribution in [0.4, 0.5) is 10.1 Å². The van der Waals surface area contributed by atoms with Gasteiger partial charge in [-0.2, -0.15) is 0 Å². The number of rotatable bonds is 3. The molecule has 4 atom stereocenters. The first-order valence-corrected chi connectivity index (χ1v) is 11.1. The number of carbonyl (C=O) groups is 3. The minimum absolute atomic E-state index is 0.0224. The molecule has 190 valence electrons. The molecule has 1 aromatic rings. The second-order valence-electron chi connectivity index (χ2n) is 9.72. The van der Waals surface area contributed by atoms with E-state index in [4.69, 9.17) is 5.73 Å². The van der Waals surface area contributed by atoms with Crippen molar-refractivity contribution in [3.8, 4) is 17.8 Å². The van der Waals surface area contributed by atoms with Crippen LogP contribution in [0.1, 0.15) is 23.1 Å². The van der Waals surface area contributed by atoms with Crippen LogP contribution in [0.2, 0.25) is 0 Å². The minimum atomic E-state index is -2.72. The Labute approximate surface area is 206 Å². The molecule has 4 rings (SSSR count). The number of anilines is 1. The number of Topliss-reactive ketones (excluding diaryl/α,β-unsaturated/α-hetero) is 2. The van der Waals surface area contributed by atoms with Gasteiger partial charge in [-0.1, -0.05) is 0 Å². The van der Waals surface area contributed by atoms with Crippen LogP contribution in [0.3, 0.4) is 0 Å². The van der Waals surface area contributed by atoms with Crippen LogP contribution in [-0.4, -0.2) is 82.6 Å². The van der Waals surface area contributed by atoms with Gasteiger partial charge < -0.3 is 31.1 Å². The molecule has 4 unspecified atom stereocenters. The van der Waals surface area contributed by atoms with Crippen LogP contribution in [0.25, 0.3) is 5.76 Å². The van der Waals surface area contributed by atoms with E-state index >= 15 is 0 Å². The third-order valence-electron chi connectivity index (χ3n) is 7.36. The van der Waals surface area contributed by atoms with Gasteiger partial charge in [-0.05, 0) is 50.4 Å². The summed E-state index contributed by atoms with van der Waals surface area (Å²) >= 11 is 0. The summed E-state index contributed by atoms with van der Waals surface area (Å²) in [5, 5.41) is 44.5. The topological polar surface area (TPSA) is 165 Å². The van der Waals surface area contributed by atoms with Crippen molar-refractivity contribution >= 4 is 28.9 Å². The van der Waals surface area contributed by atoms with E-state index < -0.39 is 63.8 Å². The fraction of sp³-hybridized carbons (Fsp3) is 0.400. The maximum absolute atomic E-state index is 13.8. The predicted molar refractivity (Wildman–Crippen MR) is 127 cm³/mol. The van der Waals surface area contributed by atoms with Crippen molar-refractivity contribution in [3.63, 3.8) is 0 Å². The lowest BCUT2D eigenvalue weighted by molar-refractivity contribution is -0.153. The minimum Gasteiger partial charge on any atom is -0.508 e. The number of hydrogen-bond donors (Lipinski definition) is 5. The summed E-state index contributed by atoms with van der Waals surface area (Å²) in [6.45, 7) is 0. The van der Waals surface area contributed by atoms with Gasteiger partial charge in [0, 0.05) is 31.3 Å². The molecule has 0 aliphatic heterocycles. The summed E-state index contributed by atoms with van der Waals surface area (Å²) in [5.41, 5.74) is 2.13. The molecule has 11 heteroatoms. The summed E-state index contributed by atoms with van der Waals surface area (Å²) < 4.78 is 12.8. The van der Waals surface area contributed by atoms with E-state index in [1.807, 2.05) is 0 Å². The maximum atomic E-state index is 13.8. The Kier molecular flexibility index (Phi) is 5.86. The fourth-order valence-electron chi connectivity index (χ4n) is 5.84. The number of aliphatic hydroxyl groups excluding tert-OH is 2. The number of benzene rings is 1. The highest BCUT2D eigenvalue weighted by atomic mass is 19.1. The van der Waals surface area contributed by atoms with E-state index in [1.54, 1.807) is 19.0 Å². The zero-order valence-corrected chi connectivity index (χ0v) is 20.1. The Morgan fingerprint density at radius 2 is 1.83 bits per heavy atom. The highest BCUT2D eigenvalue weighted by molar-refractivity contribution is 6.24. The first-order chi connectivity index (χ1) is 16.8. The second-order valence-corrected chi connectivity index (χ2v) is 9.72. The van der Waals surface area contributed by atoms with Crippen molar-refractivity contribution in [2.24, 2.45) is 17.6 Å². The lowest BCUT2D eigenvalue weighted by atomic mass is 9.57. The molecule has 3 aliphatic carbocycles. The number of hydrogen-bond acceptors (Lipinski definition) is 9. The Hall–Kier alpha value is -3.88. The predicted octanol–water partition coefficient (Wildman–Crippen LogP) is 0.309. The molecule has 0 saturated heterocycles. The number of phenolic OH excluding ortho intramolecular Hbond substituents is 1. The molecule has 1 fully saturated rings. The first-order valence-electron chi connectivity index (χ1n) is 11.1. The van der Waals surface area contributed by atoms with E-state index in [0.29, 0.717) is 11.3 Å². The molecule has 3 aliphatic rings. The molecule has 0 radical (unpaired) electrons. The molecule has 0 aromatic heterocycles. The van der Waals surface area contributed by atoms with Gasteiger partial charge in [0.05, 0.1) is 17.2 Å². The van der Waals surface area contributed by atoms with Gasteiger partial charge >= 0.3 is 0 Å². The van der Waals surface area contributed by atoms with Crippen molar-refractivity contribution in [2.45, 2.75) is 24.5 Å². The van der Waals surface area contributed by atoms with Crippen molar-refractivity contribution < 1.29 is 39.2 Å². The molecule has 6 N–H and O–H groups in total. The number of primary amides is 1. The lowest BCUT2D eigenvalue weighted by Gasteiger charge is -2.50. The Balaban J connectivity index is 2.03. The number of amides is 1. The zero-order chi connectivity index (χ0) is 26.9. The Bertz CT molecular complexity index is 1350. The first kappa shape index (κ1) is 25.2. The van der Waals surface area contributed by atoms with Gasteiger partial charge in [0.25, 0.3) is 5.91 Å². The monoisotopic (exact) mass is 499 g/mol.